The van der Waals surface area contributed by atoms with E-state index in [0.29, 0.717) is 6.20 Å². The van der Waals surface area contributed by atoms with Crippen molar-refractivity contribution in [2.45, 2.75) is 6.18 Å². The molecule has 0 fully saturated rings. The third-order valence-electron chi connectivity index (χ3n) is 1.93. The van der Waals surface area contributed by atoms with Gasteiger partial charge in [0.2, 0.25) is 5.13 Å². The zero-order chi connectivity index (χ0) is 12.6. The summed E-state index contributed by atoms with van der Waals surface area (Å²) in [7, 11) is 0. The van der Waals surface area contributed by atoms with Gasteiger partial charge in [-0.25, -0.2) is 4.79 Å². The molecule has 2 aromatic rings. The van der Waals surface area contributed by atoms with Gasteiger partial charge < -0.3 is 5.11 Å². The summed E-state index contributed by atoms with van der Waals surface area (Å²) >= 11 is 1.00. The van der Waals surface area contributed by atoms with Crippen LogP contribution in [0.5, 0.6) is 0 Å². The standard InChI is InChI=1S/C8H4F3N3O2S/c9-8(10,11)5-2-14(1-4(5)6(15)16)7-13-12-3-17-7/h1-3H,(H,15,16). The number of halogens is 3. The number of aromatic nitrogens is 3. The van der Waals surface area contributed by atoms with Crippen LogP contribution in [0.3, 0.4) is 0 Å². The second-order valence-corrected chi connectivity index (χ2v) is 3.83. The van der Waals surface area contributed by atoms with Crippen molar-refractivity contribution >= 4 is 17.3 Å². The van der Waals surface area contributed by atoms with E-state index in [2.05, 4.69) is 10.2 Å². The largest absolute Gasteiger partial charge is 0.478 e. The van der Waals surface area contributed by atoms with E-state index in [9.17, 15) is 18.0 Å². The first-order valence-corrected chi connectivity index (χ1v) is 5.06. The van der Waals surface area contributed by atoms with Crippen molar-refractivity contribution in [2.24, 2.45) is 0 Å². The molecule has 0 amide bonds. The number of carboxylic acid groups (broad SMARTS) is 1. The van der Waals surface area contributed by atoms with Crippen LogP contribution in [0.15, 0.2) is 17.9 Å². The Labute approximate surface area is 96.1 Å². The van der Waals surface area contributed by atoms with E-state index in [0.717, 1.165) is 22.1 Å². The maximum Gasteiger partial charge on any atom is 0.418 e. The first kappa shape index (κ1) is 11.6. The van der Waals surface area contributed by atoms with Gasteiger partial charge >= 0.3 is 12.1 Å². The Balaban J connectivity index is 2.56. The quantitative estimate of drug-likeness (QED) is 0.900. The molecule has 0 saturated carbocycles. The van der Waals surface area contributed by atoms with Gasteiger partial charge in [-0.05, 0) is 0 Å². The van der Waals surface area contributed by atoms with Crippen LogP contribution in [0.25, 0.3) is 5.13 Å². The van der Waals surface area contributed by atoms with Crippen LogP contribution in [0.1, 0.15) is 15.9 Å². The van der Waals surface area contributed by atoms with Crippen LogP contribution in [-0.2, 0) is 6.18 Å². The smallest absolute Gasteiger partial charge is 0.418 e. The molecule has 1 N–H and O–H groups in total. The van der Waals surface area contributed by atoms with Gasteiger partial charge in [0.05, 0.1) is 11.1 Å². The van der Waals surface area contributed by atoms with Gasteiger partial charge in [0, 0.05) is 12.4 Å². The first-order valence-electron chi connectivity index (χ1n) is 4.18. The lowest BCUT2D eigenvalue weighted by Gasteiger charge is -2.03. The molecule has 0 aliphatic rings. The zero-order valence-corrected chi connectivity index (χ0v) is 8.79. The van der Waals surface area contributed by atoms with E-state index in [1.165, 1.54) is 5.51 Å². The molecule has 0 atom stereocenters. The lowest BCUT2D eigenvalue weighted by Crippen LogP contribution is -2.09. The van der Waals surface area contributed by atoms with Crippen molar-refractivity contribution in [2.75, 3.05) is 0 Å². The third-order valence-corrected chi connectivity index (χ3v) is 2.63. The van der Waals surface area contributed by atoms with Crippen LogP contribution in [0.4, 0.5) is 13.2 Å². The molecule has 0 aliphatic carbocycles. The predicted molar refractivity (Wildman–Crippen MR) is 51.2 cm³/mol. The van der Waals surface area contributed by atoms with Crippen molar-refractivity contribution < 1.29 is 23.1 Å². The number of hydrogen-bond acceptors (Lipinski definition) is 4. The predicted octanol–water partition coefficient (Wildman–Crippen LogP) is 2.05. The highest BCUT2D eigenvalue weighted by Crippen LogP contribution is 2.33. The summed E-state index contributed by atoms with van der Waals surface area (Å²) in [5.41, 5.74) is -0.684. The molecule has 9 heteroatoms. The normalized spacial score (nSPS) is 11.7. The Kier molecular flexibility index (Phi) is 2.62. The fourth-order valence-corrected chi connectivity index (χ4v) is 1.75. The Morgan fingerprint density at radius 3 is 2.53 bits per heavy atom. The highest BCUT2D eigenvalue weighted by molar-refractivity contribution is 7.11. The van der Waals surface area contributed by atoms with E-state index in [1.54, 1.807) is 0 Å². The molecule has 2 heterocycles. The fraction of sp³-hybridized carbons (Fsp3) is 0.125. The van der Waals surface area contributed by atoms with Crippen molar-refractivity contribution in [3.8, 4) is 5.13 Å². The monoisotopic (exact) mass is 263 g/mol. The molecule has 90 valence electrons. The van der Waals surface area contributed by atoms with E-state index >= 15 is 0 Å². The van der Waals surface area contributed by atoms with Crippen molar-refractivity contribution in [3.05, 3.63) is 29.0 Å². The summed E-state index contributed by atoms with van der Waals surface area (Å²) in [6.45, 7) is 0. The van der Waals surface area contributed by atoms with Crippen molar-refractivity contribution in [1.82, 2.24) is 14.8 Å². The number of carbonyl (C=O) groups is 1. The van der Waals surface area contributed by atoms with Gasteiger partial charge in [-0.1, -0.05) is 11.3 Å². The van der Waals surface area contributed by atoms with E-state index in [4.69, 9.17) is 5.11 Å². The molecular formula is C8H4F3N3O2S. The van der Waals surface area contributed by atoms with Gasteiger partial charge in [0.1, 0.15) is 5.51 Å². The summed E-state index contributed by atoms with van der Waals surface area (Å²) in [5, 5.41) is 15.9. The van der Waals surface area contributed by atoms with Crippen molar-refractivity contribution in [1.29, 1.82) is 0 Å². The second kappa shape index (κ2) is 3.84. The molecule has 5 nitrogen and oxygen atoms in total. The first-order chi connectivity index (χ1) is 7.89. The maximum atomic E-state index is 12.6. The summed E-state index contributed by atoms with van der Waals surface area (Å²) in [6.07, 6.45) is -3.17. The van der Waals surface area contributed by atoms with Gasteiger partial charge in [-0.3, -0.25) is 4.57 Å². The lowest BCUT2D eigenvalue weighted by molar-refractivity contribution is -0.138. The van der Waals surface area contributed by atoms with Gasteiger partial charge in [0.25, 0.3) is 0 Å². The molecule has 2 rings (SSSR count). The summed E-state index contributed by atoms with van der Waals surface area (Å²) in [4.78, 5) is 10.7. The van der Waals surface area contributed by atoms with Crippen LogP contribution in [-0.4, -0.2) is 25.8 Å². The van der Waals surface area contributed by atoms with Crippen LogP contribution in [0.2, 0.25) is 0 Å². The number of carboxylic acids is 1. The maximum absolute atomic E-state index is 12.6. The lowest BCUT2D eigenvalue weighted by atomic mass is 10.2. The Bertz CT molecular complexity index is 547. The average Bonchev–Trinajstić information content (AvgIpc) is 2.85. The topological polar surface area (TPSA) is 68.0 Å². The molecule has 0 spiro atoms. The molecule has 0 unspecified atom stereocenters. The van der Waals surface area contributed by atoms with E-state index in [1.807, 2.05) is 0 Å². The van der Waals surface area contributed by atoms with Gasteiger partial charge in [-0.15, -0.1) is 10.2 Å². The SMILES string of the molecule is O=C(O)c1cn(-c2nncs2)cc1C(F)(F)F. The van der Waals surface area contributed by atoms with Crippen LogP contribution < -0.4 is 0 Å². The summed E-state index contributed by atoms with van der Waals surface area (Å²) in [5.74, 6) is -1.64. The highest BCUT2D eigenvalue weighted by atomic mass is 32.1. The number of aromatic carboxylic acids is 1. The minimum Gasteiger partial charge on any atom is -0.478 e. The number of alkyl halides is 3. The number of hydrogen-bond donors (Lipinski definition) is 1. The fourth-order valence-electron chi connectivity index (χ4n) is 1.24. The van der Waals surface area contributed by atoms with Gasteiger partial charge in [-0.2, -0.15) is 13.2 Å². The minimum atomic E-state index is -4.72. The minimum absolute atomic E-state index is 0.169. The molecular weight excluding hydrogens is 259 g/mol. The highest BCUT2D eigenvalue weighted by Gasteiger charge is 2.37. The van der Waals surface area contributed by atoms with Crippen LogP contribution in [0, 0.1) is 0 Å². The molecule has 0 aromatic carbocycles. The molecule has 0 saturated heterocycles. The molecule has 0 radical (unpaired) electrons. The molecule has 0 aliphatic heterocycles. The van der Waals surface area contributed by atoms with E-state index in [-0.39, 0.29) is 5.13 Å². The Morgan fingerprint density at radius 1 is 1.41 bits per heavy atom. The average molecular weight is 263 g/mol. The Morgan fingerprint density at radius 2 is 2.12 bits per heavy atom. The summed E-state index contributed by atoms with van der Waals surface area (Å²) < 4.78 is 38.7. The molecule has 0 bridgehead atoms. The molecule has 17 heavy (non-hydrogen) atoms. The van der Waals surface area contributed by atoms with Crippen molar-refractivity contribution in [3.63, 3.8) is 0 Å². The van der Waals surface area contributed by atoms with Crippen LogP contribution >= 0.6 is 11.3 Å². The number of rotatable bonds is 2. The van der Waals surface area contributed by atoms with Gasteiger partial charge in [0.15, 0.2) is 0 Å². The second-order valence-electron chi connectivity index (χ2n) is 3.02. The Hall–Kier alpha value is -1.90. The third kappa shape index (κ3) is 2.13. The molecule has 2 aromatic heterocycles. The van der Waals surface area contributed by atoms with E-state index < -0.39 is 23.3 Å². The zero-order valence-electron chi connectivity index (χ0n) is 7.97. The summed E-state index contributed by atoms with van der Waals surface area (Å²) in [6, 6.07) is 0. The number of nitrogens with zero attached hydrogens (tertiary/aromatic N) is 3.